The van der Waals surface area contributed by atoms with Crippen LogP contribution in [0.2, 0.25) is 5.02 Å². The van der Waals surface area contributed by atoms with Crippen molar-refractivity contribution in [1.29, 1.82) is 0 Å². The smallest absolute Gasteiger partial charge is 0.254 e. The van der Waals surface area contributed by atoms with E-state index in [2.05, 4.69) is 10.3 Å². The van der Waals surface area contributed by atoms with E-state index in [9.17, 15) is 9.59 Å². The Bertz CT molecular complexity index is 1110. The standard InChI is InChI=1S/C23H23ClN4O3/c1-15-13-27(14-25-15)19-10-5-16(12-21(19)31-2)23(30)28-11-3-4-20(28)22(29)26-18-8-6-17(24)7-9-18/h5-10,12-14,20H,3-4,11H2,1-2H3,(H,26,29)/t20-/m0/s1. The SMILES string of the molecule is COc1cc(C(=O)N2CCC[C@H]2C(=O)Nc2ccc(Cl)cc2)ccc1-n1cnc(C)c1. The third-order valence-corrected chi connectivity index (χ3v) is 5.60. The molecule has 0 aliphatic carbocycles. The van der Waals surface area contributed by atoms with E-state index in [1.165, 1.54) is 0 Å². The molecule has 2 aromatic carbocycles. The maximum absolute atomic E-state index is 13.2. The van der Waals surface area contributed by atoms with Crippen LogP contribution >= 0.6 is 11.6 Å². The first-order chi connectivity index (χ1) is 15.0. The number of benzene rings is 2. The highest BCUT2D eigenvalue weighted by Gasteiger charge is 2.34. The molecule has 1 aliphatic heterocycles. The summed E-state index contributed by atoms with van der Waals surface area (Å²) in [7, 11) is 1.56. The summed E-state index contributed by atoms with van der Waals surface area (Å²) in [5, 5.41) is 3.47. The monoisotopic (exact) mass is 438 g/mol. The number of aromatic nitrogens is 2. The molecule has 2 amide bonds. The minimum atomic E-state index is -0.523. The number of hydrogen-bond donors (Lipinski definition) is 1. The Morgan fingerprint density at radius 3 is 2.65 bits per heavy atom. The molecule has 0 saturated carbocycles. The van der Waals surface area contributed by atoms with Gasteiger partial charge in [-0.1, -0.05) is 11.6 Å². The molecule has 0 unspecified atom stereocenters. The van der Waals surface area contributed by atoms with Crippen LogP contribution in [-0.2, 0) is 4.79 Å². The van der Waals surface area contributed by atoms with Gasteiger partial charge in [0.15, 0.2) is 0 Å². The highest BCUT2D eigenvalue weighted by Crippen LogP contribution is 2.28. The number of likely N-dealkylation sites (tertiary alicyclic amines) is 1. The Hall–Kier alpha value is -3.32. The van der Waals surface area contributed by atoms with Gasteiger partial charge < -0.3 is 19.5 Å². The van der Waals surface area contributed by atoms with Crippen molar-refractivity contribution in [2.45, 2.75) is 25.8 Å². The van der Waals surface area contributed by atoms with Gasteiger partial charge in [-0.2, -0.15) is 0 Å². The van der Waals surface area contributed by atoms with Crippen LogP contribution < -0.4 is 10.1 Å². The van der Waals surface area contributed by atoms with Gasteiger partial charge in [-0.3, -0.25) is 9.59 Å². The van der Waals surface area contributed by atoms with Gasteiger partial charge in [-0.05, 0) is 62.2 Å². The summed E-state index contributed by atoms with van der Waals surface area (Å²) >= 11 is 5.90. The minimum absolute atomic E-state index is 0.194. The largest absolute Gasteiger partial charge is 0.495 e. The van der Waals surface area contributed by atoms with Gasteiger partial charge >= 0.3 is 0 Å². The fourth-order valence-corrected chi connectivity index (χ4v) is 3.91. The molecule has 31 heavy (non-hydrogen) atoms. The Kier molecular flexibility index (Phi) is 5.95. The third kappa shape index (κ3) is 4.41. The molecular formula is C23H23ClN4O3. The lowest BCUT2D eigenvalue weighted by Crippen LogP contribution is -2.43. The van der Waals surface area contributed by atoms with E-state index in [1.807, 2.05) is 23.8 Å². The number of imidazole rings is 1. The Morgan fingerprint density at radius 2 is 1.97 bits per heavy atom. The first-order valence-corrected chi connectivity index (χ1v) is 10.4. The van der Waals surface area contributed by atoms with Crippen LogP contribution in [0.3, 0.4) is 0 Å². The fourth-order valence-electron chi connectivity index (χ4n) is 3.78. The van der Waals surface area contributed by atoms with Crippen molar-refractivity contribution in [1.82, 2.24) is 14.5 Å². The predicted octanol–water partition coefficient (Wildman–Crippen LogP) is 4.09. The third-order valence-electron chi connectivity index (χ3n) is 5.34. The molecule has 1 atom stereocenters. The maximum atomic E-state index is 13.2. The van der Waals surface area contributed by atoms with E-state index in [4.69, 9.17) is 16.3 Å². The van der Waals surface area contributed by atoms with Crippen LogP contribution in [0, 0.1) is 6.92 Å². The van der Waals surface area contributed by atoms with Crippen molar-refractivity contribution in [2.24, 2.45) is 0 Å². The molecule has 2 heterocycles. The number of nitrogens with zero attached hydrogens (tertiary/aromatic N) is 3. The number of carbonyl (C=O) groups is 2. The van der Waals surface area contributed by atoms with Crippen LogP contribution in [0.4, 0.5) is 5.69 Å². The first-order valence-electron chi connectivity index (χ1n) is 10.0. The number of anilines is 1. The number of aryl methyl sites for hydroxylation is 1. The second-order valence-corrected chi connectivity index (χ2v) is 7.90. The summed E-state index contributed by atoms with van der Waals surface area (Å²) in [5.74, 6) is 0.163. The summed E-state index contributed by atoms with van der Waals surface area (Å²) in [5.41, 5.74) is 2.80. The fraction of sp³-hybridized carbons (Fsp3) is 0.261. The summed E-state index contributed by atoms with van der Waals surface area (Å²) in [4.78, 5) is 31.9. The van der Waals surface area contributed by atoms with Crippen molar-refractivity contribution in [3.05, 3.63) is 71.3 Å². The summed E-state index contributed by atoms with van der Waals surface area (Å²) < 4.78 is 7.36. The summed E-state index contributed by atoms with van der Waals surface area (Å²) in [6.07, 6.45) is 4.98. The van der Waals surface area contributed by atoms with E-state index in [0.717, 1.165) is 17.8 Å². The van der Waals surface area contributed by atoms with Gasteiger partial charge in [0, 0.05) is 29.0 Å². The quantitative estimate of drug-likeness (QED) is 0.651. The van der Waals surface area contributed by atoms with E-state index < -0.39 is 6.04 Å². The second kappa shape index (κ2) is 8.81. The zero-order valence-electron chi connectivity index (χ0n) is 17.3. The molecule has 1 aromatic heterocycles. The van der Waals surface area contributed by atoms with Gasteiger partial charge in [-0.25, -0.2) is 4.98 Å². The second-order valence-electron chi connectivity index (χ2n) is 7.46. The van der Waals surface area contributed by atoms with E-state index in [-0.39, 0.29) is 11.8 Å². The number of nitrogens with one attached hydrogen (secondary N) is 1. The van der Waals surface area contributed by atoms with E-state index in [1.54, 1.807) is 54.7 Å². The molecule has 0 spiro atoms. The summed E-state index contributed by atoms with van der Waals surface area (Å²) in [6, 6.07) is 11.7. The highest BCUT2D eigenvalue weighted by atomic mass is 35.5. The lowest BCUT2D eigenvalue weighted by atomic mass is 10.1. The molecule has 1 fully saturated rings. The average molecular weight is 439 g/mol. The van der Waals surface area contributed by atoms with Crippen molar-refractivity contribution in [2.75, 3.05) is 19.0 Å². The van der Waals surface area contributed by atoms with Crippen molar-refractivity contribution in [3.8, 4) is 11.4 Å². The predicted molar refractivity (Wildman–Crippen MR) is 119 cm³/mol. The topological polar surface area (TPSA) is 76.5 Å². The molecular weight excluding hydrogens is 416 g/mol. The van der Waals surface area contributed by atoms with Crippen molar-refractivity contribution >= 4 is 29.1 Å². The molecule has 4 rings (SSSR count). The molecule has 1 aliphatic rings. The molecule has 8 heteroatoms. The zero-order valence-corrected chi connectivity index (χ0v) is 18.1. The van der Waals surface area contributed by atoms with E-state index >= 15 is 0 Å². The lowest BCUT2D eigenvalue weighted by Gasteiger charge is -2.24. The van der Waals surface area contributed by atoms with Gasteiger partial charge in [-0.15, -0.1) is 0 Å². The van der Waals surface area contributed by atoms with Gasteiger partial charge in [0.2, 0.25) is 5.91 Å². The number of carbonyl (C=O) groups excluding carboxylic acids is 2. The van der Waals surface area contributed by atoms with Crippen molar-refractivity contribution < 1.29 is 14.3 Å². The Morgan fingerprint density at radius 1 is 1.19 bits per heavy atom. The molecule has 1 saturated heterocycles. The number of ether oxygens (including phenoxy) is 1. The lowest BCUT2D eigenvalue weighted by molar-refractivity contribution is -0.119. The van der Waals surface area contributed by atoms with Gasteiger partial charge in [0.05, 0.1) is 24.8 Å². The number of hydrogen-bond acceptors (Lipinski definition) is 4. The number of amides is 2. The Labute approximate surface area is 185 Å². The molecule has 7 nitrogen and oxygen atoms in total. The molecule has 0 bridgehead atoms. The molecule has 1 N–H and O–H groups in total. The van der Waals surface area contributed by atoms with Crippen LogP contribution in [0.1, 0.15) is 28.9 Å². The van der Waals surface area contributed by atoms with Gasteiger partial charge in [0.25, 0.3) is 5.91 Å². The van der Waals surface area contributed by atoms with Crippen LogP contribution in [0.5, 0.6) is 5.75 Å². The van der Waals surface area contributed by atoms with Crippen molar-refractivity contribution in [3.63, 3.8) is 0 Å². The normalized spacial score (nSPS) is 15.7. The minimum Gasteiger partial charge on any atom is -0.495 e. The number of methoxy groups -OCH3 is 1. The Balaban J connectivity index is 1.53. The maximum Gasteiger partial charge on any atom is 0.254 e. The molecule has 3 aromatic rings. The zero-order chi connectivity index (χ0) is 22.0. The van der Waals surface area contributed by atoms with Crippen LogP contribution in [-0.4, -0.2) is 46.0 Å². The molecule has 0 radical (unpaired) electrons. The summed E-state index contributed by atoms with van der Waals surface area (Å²) in [6.45, 7) is 2.44. The van der Waals surface area contributed by atoms with Gasteiger partial charge in [0.1, 0.15) is 11.8 Å². The first kappa shape index (κ1) is 20.9. The molecule has 160 valence electrons. The average Bonchev–Trinajstić information content (AvgIpc) is 3.43. The van der Waals surface area contributed by atoms with Crippen LogP contribution in [0.15, 0.2) is 55.0 Å². The highest BCUT2D eigenvalue weighted by molar-refractivity contribution is 6.30. The number of rotatable bonds is 5. The van der Waals surface area contributed by atoms with Crippen LogP contribution in [0.25, 0.3) is 5.69 Å². The number of halogens is 1. The van der Waals surface area contributed by atoms with E-state index in [0.29, 0.717) is 35.0 Å².